The Labute approximate surface area is 127 Å². The van der Waals surface area contributed by atoms with Gasteiger partial charge in [0.2, 0.25) is 0 Å². The molecule has 1 aromatic rings. The van der Waals surface area contributed by atoms with E-state index < -0.39 is 0 Å². The molecule has 3 nitrogen and oxygen atoms in total. The minimum absolute atomic E-state index is 0.294. The number of carbonyl (C=O) groups is 1. The van der Waals surface area contributed by atoms with Crippen LogP contribution in [-0.4, -0.2) is 19.7 Å². The van der Waals surface area contributed by atoms with E-state index in [0.717, 1.165) is 43.8 Å². The van der Waals surface area contributed by atoms with Crippen LogP contribution in [0.15, 0.2) is 24.3 Å². The SMILES string of the molecule is COCOc1ccccc1CCC1CCCC(=O)CCC1. The summed E-state index contributed by atoms with van der Waals surface area (Å²) in [5, 5.41) is 0. The zero-order valence-electron chi connectivity index (χ0n) is 13.0. The van der Waals surface area contributed by atoms with Gasteiger partial charge < -0.3 is 9.47 Å². The van der Waals surface area contributed by atoms with Crippen molar-refractivity contribution in [2.24, 2.45) is 5.92 Å². The molecule has 0 radical (unpaired) electrons. The van der Waals surface area contributed by atoms with Gasteiger partial charge in [-0.2, -0.15) is 0 Å². The van der Waals surface area contributed by atoms with Gasteiger partial charge in [0.15, 0.2) is 6.79 Å². The third-order valence-corrected chi connectivity index (χ3v) is 4.26. The molecular weight excluding hydrogens is 264 g/mol. The fourth-order valence-electron chi connectivity index (χ4n) is 3.07. The summed E-state index contributed by atoms with van der Waals surface area (Å²) in [6.07, 6.45) is 8.28. The molecule has 21 heavy (non-hydrogen) atoms. The molecule has 0 aromatic heterocycles. The van der Waals surface area contributed by atoms with Crippen LogP contribution < -0.4 is 4.74 Å². The molecular formula is C18H26O3. The average Bonchev–Trinajstić information content (AvgIpc) is 2.48. The maximum atomic E-state index is 11.4. The summed E-state index contributed by atoms with van der Waals surface area (Å²) in [5.74, 6) is 2.13. The van der Waals surface area contributed by atoms with Gasteiger partial charge in [0.1, 0.15) is 11.5 Å². The Morgan fingerprint density at radius 2 is 1.86 bits per heavy atom. The molecule has 1 saturated carbocycles. The van der Waals surface area contributed by atoms with Crippen molar-refractivity contribution in [3.63, 3.8) is 0 Å². The number of para-hydroxylation sites is 1. The molecule has 2 rings (SSSR count). The number of rotatable bonds is 6. The first-order valence-electron chi connectivity index (χ1n) is 8.01. The highest BCUT2D eigenvalue weighted by atomic mass is 16.7. The molecule has 0 atom stereocenters. The molecule has 0 bridgehead atoms. The van der Waals surface area contributed by atoms with Gasteiger partial charge in [-0.3, -0.25) is 4.79 Å². The Morgan fingerprint density at radius 3 is 2.57 bits per heavy atom. The van der Waals surface area contributed by atoms with E-state index in [4.69, 9.17) is 9.47 Å². The molecule has 0 heterocycles. The predicted molar refractivity (Wildman–Crippen MR) is 83.5 cm³/mol. The Hall–Kier alpha value is -1.35. The Morgan fingerprint density at radius 1 is 1.14 bits per heavy atom. The smallest absolute Gasteiger partial charge is 0.188 e. The van der Waals surface area contributed by atoms with Crippen molar-refractivity contribution >= 4 is 5.78 Å². The second kappa shape index (κ2) is 8.83. The lowest BCUT2D eigenvalue weighted by atomic mass is 9.86. The van der Waals surface area contributed by atoms with E-state index in [1.54, 1.807) is 7.11 Å². The number of ether oxygens (including phenoxy) is 2. The summed E-state index contributed by atoms with van der Waals surface area (Å²) in [7, 11) is 1.64. The van der Waals surface area contributed by atoms with Crippen LogP contribution in [0.3, 0.4) is 0 Å². The standard InChI is InChI=1S/C18H26O3/c1-20-14-21-18-11-3-2-8-16(18)13-12-15-6-4-9-17(19)10-5-7-15/h2-3,8,11,15H,4-7,9-10,12-14H2,1H3. The zero-order valence-corrected chi connectivity index (χ0v) is 13.0. The number of benzene rings is 1. The Balaban J connectivity index is 1.85. The predicted octanol–water partition coefficient (Wildman–Crippen LogP) is 4.14. The lowest BCUT2D eigenvalue weighted by molar-refractivity contribution is -0.119. The summed E-state index contributed by atoms with van der Waals surface area (Å²) < 4.78 is 10.6. The fraction of sp³-hybridized carbons (Fsp3) is 0.611. The van der Waals surface area contributed by atoms with Crippen molar-refractivity contribution in [1.82, 2.24) is 0 Å². The quantitative estimate of drug-likeness (QED) is 0.739. The third-order valence-electron chi connectivity index (χ3n) is 4.26. The van der Waals surface area contributed by atoms with Gasteiger partial charge in [0, 0.05) is 20.0 Å². The molecule has 3 heteroatoms. The fourth-order valence-corrected chi connectivity index (χ4v) is 3.07. The van der Waals surface area contributed by atoms with Crippen LogP contribution in [-0.2, 0) is 16.0 Å². The normalized spacial score (nSPS) is 17.3. The summed E-state index contributed by atoms with van der Waals surface area (Å²) in [6.45, 7) is 0.294. The van der Waals surface area contributed by atoms with Gasteiger partial charge in [-0.15, -0.1) is 0 Å². The van der Waals surface area contributed by atoms with Crippen molar-refractivity contribution in [3.05, 3.63) is 29.8 Å². The van der Waals surface area contributed by atoms with Crippen LogP contribution in [0.25, 0.3) is 0 Å². The van der Waals surface area contributed by atoms with E-state index in [9.17, 15) is 4.79 Å². The number of methoxy groups -OCH3 is 1. The molecule has 116 valence electrons. The van der Waals surface area contributed by atoms with Gasteiger partial charge in [0.25, 0.3) is 0 Å². The van der Waals surface area contributed by atoms with Crippen LogP contribution in [0, 0.1) is 5.92 Å². The van der Waals surface area contributed by atoms with E-state index >= 15 is 0 Å². The van der Waals surface area contributed by atoms with Crippen LogP contribution in [0.4, 0.5) is 0 Å². The van der Waals surface area contributed by atoms with Crippen LogP contribution >= 0.6 is 0 Å². The van der Waals surface area contributed by atoms with Crippen molar-refractivity contribution in [1.29, 1.82) is 0 Å². The molecule has 0 N–H and O–H groups in total. The molecule has 0 unspecified atom stereocenters. The number of Topliss-reactive ketones (excluding diaryl/α,β-unsaturated/α-hetero) is 1. The molecule has 1 aliphatic rings. The summed E-state index contributed by atoms with van der Waals surface area (Å²) in [5.41, 5.74) is 1.26. The van der Waals surface area contributed by atoms with Crippen molar-refractivity contribution < 1.29 is 14.3 Å². The number of hydrogen-bond donors (Lipinski definition) is 0. The highest BCUT2D eigenvalue weighted by Gasteiger charge is 2.15. The second-order valence-electron chi connectivity index (χ2n) is 5.89. The molecule has 0 saturated heterocycles. The topological polar surface area (TPSA) is 35.5 Å². The maximum Gasteiger partial charge on any atom is 0.188 e. The second-order valence-corrected chi connectivity index (χ2v) is 5.89. The third kappa shape index (κ3) is 5.50. The molecule has 1 fully saturated rings. The number of hydrogen-bond acceptors (Lipinski definition) is 3. The highest BCUT2D eigenvalue weighted by Crippen LogP contribution is 2.27. The number of aryl methyl sites for hydroxylation is 1. The molecule has 1 aromatic carbocycles. The van der Waals surface area contributed by atoms with E-state index in [-0.39, 0.29) is 0 Å². The first-order chi connectivity index (χ1) is 10.3. The van der Waals surface area contributed by atoms with Crippen LogP contribution in [0.1, 0.15) is 50.5 Å². The minimum Gasteiger partial charge on any atom is -0.467 e. The van der Waals surface area contributed by atoms with Gasteiger partial charge in [0.05, 0.1) is 0 Å². The lowest BCUT2D eigenvalue weighted by Crippen LogP contribution is -2.10. The summed E-state index contributed by atoms with van der Waals surface area (Å²) in [4.78, 5) is 11.4. The van der Waals surface area contributed by atoms with Crippen molar-refractivity contribution in [2.45, 2.75) is 51.4 Å². The van der Waals surface area contributed by atoms with Crippen LogP contribution in [0.2, 0.25) is 0 Å². The van der Waals surface area contributed by atoms with E-state index in [0.29, 0.717) is 12.6 Å². The van der Waals surface area contributed by atoms with E-state index in [1.165, 1.54) is 24.8 Å². The van der Waals surface area contributed by atoms with Gasteiger partial charge in [-0.1, -0.05) is 31.0 Å². The van der Waals surface area contributed by atoms with Gasteiger partial charge in [-0.25, -0.2) is 0 Å². The Kier molecular flexibility index (Phi) is 6.74. The molecule has 0 amide bonds. The lowest BCUT2D eigenvalue weighted by Gasteiger charge is -2.19. The molecule has 0 spiro atoms. The molecule has 0 aliphatic heterocycles. The first-order valence-corrected chi connectivity index (χ1v) is 8.01. The average molecular weight is 290 g/mol. The first kappa shape index (κ1) is 16.0. The number of carbonyl (C=O) groups excluding carboxylic acids is 1. The monoisotopic (exact) mass is 290 g/mol. The highest BCUT2D eigenvalue weighted by molar-refractivity contribution is 5.78. The van der Waals surface area contributed by atoms with Crippen molar-refractivity contribution in [2.75, 3.05) is 13.9 Å². The summed E-state index contributed by atoms with van der Waals surface area (Å²) >= 11 is 0. The maximum absolute atomic E-state index is 11.4. The summed E-state index contributed by atoms with van der Waals surface area (Å²) in [6, 6.07) is 8.20. The minimum atomic E-state index is 0.294. The largest absolute Gasteiger partial charge is 0.467 e. The van der Waals surface area contributed by atoms with Gasteiger partial charge >= 0.3 is 0 Å². The van der Waals surface area contributed by atoms with E-state index in [1.807, 2.05) is 12.1 Å². The Bertz CT molecular complexity index is 430. The molecule has 1 aliphatic carbocycles. The van der Waals surface area contributed by atoms with Gasteiger partial charge in [-0.05, 0) is 43.2 Å². The van der Waals surface area contributed by atoms with Crippen molar-refractivity contribution in [3.8, 4) is 5.75 Å². The van der Waals surface area contributed by atoms with Crippen LogP contribution in [0.5, 0.6) is 5.75 Å². The number of ketones is 1. The van der Waals surface area contributed by atoms with E-state index in [2.05, 4.69) is 12.1 Å². The zero-order chi connectivity index (χ0) is 14.9.